The Hall–Kier alpha value is -2.66. The summed E-state index contributed by atoms with van der Waals surface area (Å²) in [5.74, 6) is 2.15. The Morgan fingerprint density at radius 2 is 1.72 bits per heavy atom. The third-order valence-corrected chi connectivity index (χ3v) is 4.75. The van der Waals surface area contributed by atoms with Gasteiger partial charge >= 0.3 is 0 Å². The Labute approximate surface area is 151 Å². The van der Waals surface area contributed by atoms with Crippen molar-refractivity contribution in [2.75, 3.05) is 7.11 Å². The molecule has 0 saturated carbocycles. The lowest BCUT2D eigenvalue weighted by molar-refractivity contribution is -0.932. The number of hydrogen-bond donors (Lipinski definition) is 1. The quantitative estimate of drug-likeness (QED) is 0.394. The largest absolute Gasteiger partial charge is 0.493 e. The standard InChI is InChI=1S/C20H20NO3S/c1-23-19-13-17(15-25-20-9-5-6-12-21(20)22)10-11-18(19)24-14-16-7-3-2-4-8-16/h2-13,22H,14-15H2,1H3/q+1. The van der Waals surface area contributed by atoms with Crippen molar-refractivity contribution in [3.05, 3.63) is 84.1 Å². The highest BCUT2D eigenvalue weighted by Gasteiger charge is 2.11. The van der Waals surface area contributed by atoms with Crippen LogP contribution in [-0.4, -0.2) is 12.3 Å². The van der Waals surface area contributed by atoms with Gasteiger partial charge in [0, 0.05) is 22.6 Å². The zero-order valence-corrected chi connectivity index (χ0v) is 14.8. The van der Waals surface area contributed by atoms with Crippen LogP contribution in [0, 0.1) is 0 Å². The van der Waals surface area contributed by atoms with Crippen LogP contribution in [0.25, 0.3) is 0 Å². The number of ether oxygens (including phenoxy) is 2. The van der Waals surface area contributed by atoms with Gasteiger partial charge in [-0.05, 0) is 41.1 Å². The highest BCUT2D eigenvalue weighted by atomic mass is 32.2. The number of thioether (sulfide) groups is 1. The number of pyridine rings is 1. The van der Waals surface area contributed by atoms with Gasteiger partial charge in [-0.3, -0.25) is 5.21 Å². The molecule has 4 nitrogen and oxygen atoms in total. The Morgan fingerprint density at radius 1 is 0.920 bits per heavy atom. The number of nitrogens with zero attached hydrogens (tertiary/aromatic N) is 1. The zero-order valence-electron chi connectivity index (χ0n) is 14.0. The van der Waals surface area contributed by atoms with Crippen LogP contribution in [0.1, 0.15) is 11.1 Å². The lowest BCUT2D eigenvalue weighted by Gasteiger charge is -2.12. The van der Waals surface area contributed by atoms with Gasteiger partial charge in [0.05, 0.1) is 7.11 Å². The van der Waals surface area contributed by atoms with Crippen LogP contribution < -0.4 is 14.2 Å². The molecule has 1 heterocycles. The summed E-state index contributed by atoms with van der Waals surface area (Å²) in [4.78, 5) is 0. The first-order valence-electron chi connectivity index (χ1n) is 7.92. The molecule has 0 aliphatic carbocycles. The summed E-state index contributed by atoms with van der Waals surface area (Å²) in [7, 11) is 1.64. The number of methoxy groups -OCH3 is 1. The molecule has 0 aliphatic heterocycles. The molecule has 3 rings (SSSR count). The van der Waals surface area contributed by atoms with E-state index in [0.717, 1.165) is 32.4 Å². The summed E-state index contributed by atoms with van der Waals surface area (Å²) >= 11 is 1.55. The lowest BCUT2D eigenvalue weighted by Crippen LogP contribution is -2.31. The number of benzene rings is 2. The molecule has 128 valence electrons. The Balaban J connectivity index is 1.66. The topological polar surface area (TPSA) is 42.6 Å². The van der Waals surface area contributed by atoms with E-state index in [1.165, 1.54) is 0 Å². The molecule has 1 aromatic heterocycles. The molecule has 1 N–H and O–H groups in total. The van der Waals surface area contributed by atoms with Crippen molar-refractivity contribution in [2.24, 2.45) is 0 Å². The smallest absolute Gasteiger partial charge is 0.291 e. The van der Waals surface area contributed by atoms with E-state index in [4.69, 9.17) is 9.47 Å². The SMILES string of the molecule is COc1cc(CSc2cccc[n+]2O)ccc1OCc1ccccc1. The van der Waals surface area contributed by atoms with E-state index >= 15 is 0 Å². The maximum Gasteiger partial charge on any atom is 0.291 e. The number of rotatable bonds is 7. The third-order valence-electron chi connectivity index (χ3n) is 3.65. The van der Waals surface area contributed by atoms with Gasteiger partial charge in [0.1, 0.15) is 6.61 Å². The Kier molecular flexibility index (Phi) is 5.80. The molecule has 25 heavy (non-hydrogen) atoms. The van der Waals surface area contributed by atoms with E-state index < -0.39 is 0 Å². The summed E-state index contributed by atoms with van der Waals surface area (Å²) in [6.07, 6.45) is 1.61. The second kappa shape index (κ2) is 8.44. The average Bonchev–Trinajstić information content (AvgIpc) is 2.67. The molecule has 0 spiro atoms. The van der Waals surface area contributed by atoms with E-state index in [9.17, 15) is 5.21 Å². The third kappa shape index (κ3) is 4.67. The predicted molar refractivity (Wildman–Crippen MR) is 97.2 cm³/mol. The Morgan fingerprint density at radius 3 is 2.48 bits per heavy atom. The van der Waals surface area contributed by atoms with Crippen molar-refractivity contribution >= 4 is 11.8 Å². The molecule has 0 fully saturated rings. The molecule has 0 bridgehead atoms. The molecule has 0 radical (unpaired) electrons. The summed E-state index contributed by atoms with van der Waals surface area (Å²) in [6, 6.07) is 21.5. The summed E-state index contributed by atoms with van der Waals surface area (Å²) in [5.41, 5.74) is 2.21. The van der Waals surface area contributed by atoms with Gasteiger partial charge in [-0.15, -0.1) is 0 Å². The molecule has 0 saturated heterocycles. The van der Waals surface area contributed by atoms with Gasteiger partial charge in [-0.2, -0.15) is 0 Å². The van der Waals surface area contributed by atoms with E-state index in [1.807, 2.05) is 60.7 Å². The minimum atomic E-state index is 0.500. The first kappa shape index (κ1) is 17.2. The first-order chi connectivity index (χ1) is 12.3. The normalized spacial score (nSPS) is 10.4. The maximum atomic E-state index is 9.76. The van der Waals surface area contributed by atoms with Crippen molar-refractivity contribution in [1.29, 1.82) is 0 Å². The molecule has 0 amide bonds. The molecule has 2 aromatic carbocycles. The van der Waals surface area contributed by atoms with Gasteiger partial charge in [-0.25, -0.2) is 0 Å². The van der Waals surface area contributed by atoms with Gasteiger partial charge < -0.3 is 9.47 Å². The zero-order chi connectivity index (χ0) is 17.5. The fourth-order valence-electron chi connectivity index (χ4n) is 2.35. The van der Waals surface area contributed by atoms with Crippen LogP contribution in [0.3, 0.4) is 0 Å². The second-order valence-corrected chi connectivity index (χ2v) is 6.43. The van der Waals surface area contributed by atoms with E-state index in [-0.39, 0.29) is 0 Å². The van der Waals surface area contributed by atoms with Crippen molar-refractivity contribution < 1.29 is 19.4 Å². The number of hydrogen-bond acceptors (Lipinski definition) is 4. The van der Waals surface area contributed by atoms with Crippen LogP contribution >= 0.6 is 11.8 Å². The molecule has 0 unspecified atom stereocenters. The van der Waals surface area contributed by atoms with Gasteiger partial charge in [0.25, 0.3) is 5.03 Å². The Bertz CT molecular complexity index is 824. The molecular formula is C20H20NO3S+. The highest BCUT2D eigenvalue weighted by Crippen LogP contribution is 2.31. The molecular weight excluding hydrogens is 334 g/mol. The van der Waals surface area contributed by atoms with Gasteiger partial charge in [0.15, 0.2) is 11.5 Å². The monoisotopic (exact) mass is 354 g/mol. The molecule has 3 aromatic rings. The van der Waals surface area contributed by atoms with E-state index in [0.29, 0.717) is 12.4 Å². The summed E-state index contributed by atoms with van der Waals surface area (Å²) < 4.78 is 12.5. The van der Waals surface area contributed by atoms with Crippen LogP contribution in [0.4, 0.5) is 0 Å². The average molecular weight is 354 g/mol. The van der Waals surface area contributed by atoms with E-state index in [1.54, 1.807) is 31.1 Å². The number of aromatic nitrogens is 1. The molecule has 5 heteroatoms. The molecule has 0 atom stereocenters. The predicted octanol–water partition coefficient (Wildman–Crippen LogP) is 4.09. The van der Waals surface area contributed by atoms with Crippen molar-refractivity contribution in [3.63, 3.8) is 0 Å². The van der Waals surface area contributed by atoms with Crippen molar-refractivity contribution in [2.45, 2.75) is 17.4 Å². The lowest BCUT2D eigenvalue weighted by atomic mass is 10.2. The van der Waals surface area contributed by atoms with Crippen LogP contribution in [0.5, 0.6) is 11.5 Å². The summed E-state index contributed by atoms with van der Waals surface area (Å²) in [6.45, 7) is 0.500. The minimum absolute atomic E-state index is 0.500. The molecule has 0 aliphatic rings. The van der Waals surface area contributed by atoms with Crippen LogP contribution in [0.15, 0.2) is 78.0 Å². The van der Waals surface area contributed by atoms with Crippen molar-refractivity contribution in [3.8, 4) is 11.5 Å². The maximum absolute atomic E-state index is 9.76. The van der Waals surface area contributed by atoms with Crippen molar-refractivity contribution in [1.82, 2.24) is 0 Å². The minimum Gasteiger partial charge on any atom is -0.493 e. The second-order valence-electron chi connectivity index (χ2n) is 5.43. The van der Waals surface area contributed by atoms with Crippen LogP contribution in [-0.2, 0) is 12.4 Å². The van der Waals surface area contributed by atoms with Crippen LogP contribution in [0.2, 0.25) is 0 Å². The highest BCUT2D eigenvalue weighted by molar-refractivity contribution is 7.98. The summed E-state index contributed by atoms with van der Waals surface area (Å²) in [5, 5.41) is 10.5. The van der Waals surface area contributed by atoms with Gasteiger partial charge in [-0.1, -0.05) is 36.4 Å². The fraction of sp³-hybridized carbons (Fsp3) is 0.150. The fourth-order valence-corrected chi connectivity index (χ4v) is 3.21. The first-order valence-corrected chi connectivity index (χ1v) is 8.91. The van der Waals surface area contributed by atoms with E-state index in [2.05, 4.69) is 0 Å². The van der Waals surface area contributed by atoms with Gasteiger partial charge in [0.2, 0.25) is 6.20 Å².